The molecule has 0 bridgehead atoms. The molecule has 4 atom stereocenters. The van der Waals surface area contributed by atoms with Gasteiger partial charge in [-0.25, -0.2) is 29.5 Å². The highest BCUT2D eigenvalue weighted by atomic mass is 35.5. The van der Waals surface area contributed by atoms with E-state index in [1.54, 1.807) is 33.3 Å². The van der Waals surface area contributed by atoms with E-state index in [4.69, 9.17) is 49.7 Å². The summed E-state index contributed by atoms with van der Waals surface area (Å²) in [5, 5.41) is 18.9. The summed E-state index contributed by atoms with van der Waals surface area (Å²) < 4.78 is 41.4. The van der Waals surface area contributed by atoms with Crippen LogP contribution in [0, 0.1) is 23.7 Å². The van der Waals surface area contributed by atoms with Gasteiger partial charge in [0.2, 0.25) is 11.1 Å². The van der Waals surface area contributed by atoms with Gasteiger partial charge < -0.3 is 88.6 Å². The zero-order chi connectivity index (χ0) is 87.5. The fourth-order valence-electron chi connectivity index (χ4n) is 17.7. The van der Waals surface area contributed by atoms with Crippen LogP contribution in [0.1, 0.15) is 209 Å². The number of hydrogen-bond acceptors (Lipinski definition) is 19. The molecule has 11 heterocycles. The number of likely N-dealkylation sites (tertiary alicyclic amines) is 3. The predicted molar refractivity (Wildman–Crippen MR) is 503 cm³/mol. The molecule has 29 heteroatoms. The maximum absolute atomic E-state index is 12.4. The average molecular weight is 1770 g/mol. The Morgan fingerprint density at radius 2 is 0.798 bits per heavy atom. The summed E-state index contributed by atoms with van der Waals surface area (Å²) in [7, 11) is 6.02. The van der Waals surface area contributed by atoms with Crippen molar-refractivity contribution in [1.29, 1.82) is 0 Å². The number of amides is 3. The molecule has 4 unspecified atom stereocenters. The summed E-state index contributed by atoms with van der Waals surface area (Å²) in [6, 6.07) is 11.7. The van der Waals surface area contributed by atoms with E-state index >= 15 is 0 Å². The molecule has 7 N–H and O–H groups in total. The average Bonchev–Trinajstić information content (AvgIpc) is 1.62. The number of nitrogens with one attached hydrogen (secondary N) is 7. The number of ether oxygens (including phenoxy) is 7. The number of carbonyl (C=O) groups excluding carboxylic acids is 4. The van der Waals surface area contributed by atoms with Crippen LogP contribution in [0.15, 0.2) is 99.2 Å². The first-order valence-electron chi connectivity index (χ1n) is 45.3. The lowest BCUT2D eigenvalue weighted by molar-refractivity contribution is -0.126. The number of fused-ring (bicyclic) bond motifs is 4. The van der Waals surface area contributed by atoms with Crippen molar-refractivity contribution in [2.45, 2.75) is 255 Å². The zero-order valence-corrected chi connectivity index (χ0v) is 78.5. The first-order valence-corrected chi connectivity index (χ1v) is 49.4. The molecular formula is C95H141Cl2N15O11Si. The van der Waals surface area contributed by atoms with E-state index in [1.807, 2.05) is 76.1 Å². The van der Waals surface area contributed by atoms with Gasteiger partial charge in [0.15, 0.2) is 0 Å². The van der Waals surface area contributed by atoms with Gasteiger partial charge in [0.25, 0.3) is 0 Å². The number of rotatable bonds is 31. The molecule has 3 aliphatic heterocycles. The van der Waals surface area contributed by atoms with Crippen LogP contribution in [0.4, 0.5) is 32.3 Å². The zero-order valence-electron chi connectivity index (χ0n) is 75.9. The van der Waals surface area contributed by atoms with Gasteiger partial charge in [0, 0.05) is 177 Å². The molecule has 3 amide bonds. The molecule has 3 saturated heterocycles. The maximum Gasteiger partial charge on any atom is 0.410 e. The van der Waals surface area contributed by atoms with Crippen molar-refractivity contribution in [3.05, 3.63) is 121 Å². The summed E-state index contributed by atoms with van der Waals surface area (Å²) in [6.07, 6.45) is 40.7. The summed E-state index contributed by atoms with van der Waals surface area (Å²) in [6.45, 7) is 33.9. The first kappa shape index (κ1) is 96.4. The molecule has 0 radical (unpaired) electrons. The fraction of sp³-hybridized carbons (Fsp3) is 0.621. The molecule has 8 fully saturated rings. The standard InChI is InChI=1S/C29H48N4O4Si.C23H34N4O3.C21H28N4O2.C19H27N3O.C3H3ClO.ClH/c1-29(2,3)37-28(34)32-12-10-22(11-13-32)31-23-16-24-25(26(19-35-4)21-8-9-21)18-33(27(24)30-17-23)20-36-14-15-38(5,6)7;1-23(2,3)30-22(28)27-9-7-16(8-10-27)26-17-11-18-19(13-25-21(18)24-12-17)20(14-29-4)15-5-6-15;1-3-20(26)25-8-6-15(7-9-25)24-16-10-17-18(12-23-21(17)22-11-16)19(13-27-2)14-4-5-14;1-23-12-18(13-7-8-13)17-11-21-19-16(17)9-15(10-20-19)22-14-5-3-2-4-6-14;1-2-3(4)5;/h16-18,21-22,26,31H,8-15,19-20H2,1-7H3;11-13,15-16,20,26H,5-10,14H2,1-4H3,(H,24,25);3,10-12,14-15,19,24H,1,4-9,13H2,2H3,(H,22,23);9-11,13-14,18,22H,2-8,12H2,1H3,(H,20,21);2H,1H2;1H. The van der Waals surface area contributed by atoms with Gasteiger partial charge in [-0.05, 0) is 244 Å². The number of halogens is 2. The van der Waals surface area contributed by atoms with Crippen LogP contribution in [-0.4, -0.2) is 222 Å². The van der Waals surface area contributed by atoms with Crippen LogP contribution in [0.2, 0.25) is 25.7 Å². The minimum absolute atomic E-state index is 0. The first-order chi connectivity index (χ1) is 59.1. The Morgan fingerprint density at radius 3 is 1.11 bits per heavy atom. The second-order valence-electron chi connectivity index (χ2n) is 38.4. The van der Waals surface area contributed by atoms with Gasteiger partial charge in [-0.15, -0.1) is 12.4 Å². The van der Waals surface area contributed by atoms with Crippen molar-refractivity contribution in [3.63, 3.8) is 0 Å². The van der Waals surface area contributed by atoms with E-state index in [1.165, 1.54) is 133 Å². The molecule has 8 aliphatic rings. The molecule has 680 valence electrons. The van der Waals surface area contributed by atoms with E-state index in [0.717, 1.165) is 160 Å². The molecule has 16 rings (SSSR count). The highest BCUT2D eigenvalue weighted by molar-refractivity contribution is 6.76. The number of carbonyl (C=O) groups is 4. The van der Waals surface area contributed by atoms with E-state index in [2.05, 4.69) is 138 Å². The number of aromatic amines is 3. The number of nitrogens with zero attached hydrogens (tertiary/aromatic N) is 8. The quantitative estimate of drug-likeness (QED) is 0.00919. The van der Waals surface area contributed by atoms with Gasteiger partial charge in [-0.1, -0.05) is 52.1 Å². The number of methoxy groups -OCH3 is 4. The van der Waals surface area contributed by atoms with E-state index in [0.29, 0.717) is 86.7 Å². The largest absolute Gasteiger partial charge is 0.444 e. The third-order valence-electron chi connectivity index (χ3n) is 24.9. The Kier molecular flexibility index (Phi) is 34.9. The normalized spacial score (nSPS) is 18.5. The number of H-pyrrole nitrogens is 3. The summed E-state index contributed by atoms with van der Waals surface area (Å²) in [5.74, 6) is 4.68. The number of hydrogen-bond donors (Lipinski definition) is 7. The molecule has 26 nitrogen and oxygen atoms in total. The highest BCUT2D eigenvalue weighted by Crippen LogP contribution is 2.49. The van der Waals surface area contributed by atoms with Crippen LogP contribution < -0.4 is 21.3 Å². The Bertz CT molecular complexity index is 4750. The Morgan fingerprint density at radius 1 is 0.476 bits per heavy atom. The minimum Gasteiger partial charge on any atom is -0.444 e. The van der Waals surface area contributed by atoms with E-state index in [9.17, 15) is 19.2 Å². The Hall–Kier alpha value is -8.28. The summed E-state index contributed by atoms with van der Waals surface area (Å²) >= 11 is 4.71. The van der Waals surface area contributed by atoms with Crippen LogP contribution >= 0.6 is 24.0 Å². The van der Waals surface area contributed by atoms with Gasteiger partial charge in [-0.3, -0.25) is 9.59 Å². The lowest BCUT2D eigenvalue weighted by Crippen LogP contribution is -2.44. The second kappa shape index (κ2) is 44.9. The van der Waals surface area contributed by atoms with Crippen molar-refractivity contribution in [3.8, 4) is 0 Å². The third-order valence-corrected chi connectivity index (χ3v) is 26.8. The molecule has 124 heavy (non-hydrogen) atoms. The lowest BCUT2D eigenvalue weighted by atomic mass is 9.94. The minimum atomic E-state index is -1.13. The molecule has 5 aliphatic carbocycles. The smallest absolute Gasteiger partial charge is 0.410 e. The topological polar surface area (TPSA) is 295 Å². The lowest BCUT2D eigenvalue weighted by Gasteiger charge is -2.34. The number of allylic oxidation sites excluding steroid dienone is 1. The Balaban J connectivity index is 0.000000159. The molecule has 8 aromatic heterocycles. The SMILES string of the molecule is C=CC(=O)Cl.C=CC(=O)N1CCC(Nc2cnc3[nH]cc(C(COC)C4CC4)c3c2)CC1.COCC(c1c[nH]c2ncc(NC3CCCCC3)cc12)C1CC1.COCC(c1c[nH]c2ncc(NC3CCN(C(=O)OC(C)(C)C)CC3)cc12)C1CC1.COCC(c1cn(COCC[Si](C)(C)C)c2ncc(NC3CCN(C(=O)OC(C)(C)C)CC3)cc12)C1CC1.Cl. The van der Waals surface area contributed by atoms with Crippen LogP contribution in [0.3, 0.4) is 0 Å². The molecule has 0 spiro atoms. The number of pyridine rings is 4. The Labute approximate surface area is 746 Å². The third kappa shape index (κ3) is 28.1. The summed E-state index contributed by atoms with van der Waals surface area (Å²) in [4.78, 5) is 80.1. The maximum atomic E-state index is 12.4. The van der Waals surface area contributed by atoms with Crippen molar-refractivity contribution in [2.24, 2.45) is 23.7 Å². The van der Waals surface area contributed by atoms with Crippen molar-refractivity contribution >= 4 is 122 Å². The van der Waals surface area contributed by atoms with E-state index < -0.39 is 24.5 Å². The van der Waals surface area contributed by atoms with Gasteiger partial charge in [0.1, 0.15) is 40.5 Å². The van der Waals surface area contributed by atoms with Crippen molar-refractivity contribution < 1.29 is 52.3 Å². The monoisotopic (exact) mass is 1770 g/mol. The van der Waals surface area contributed by atoms with E-state index in [-0.39, 0.29) is 30.5 Å². The van der Waals surface area contributed by atoms with Gasteiger partial charge >= 0.3 is 12.2 Å². The second-order valence-corrected chi connectivity index (χ2v) is 44.4. The fourth-order valence-corrected chi connectivity index (χ4v) is 18.5. The number of piperidine rings is 3. The van der Waals surface area contributed by atoms with Crippen LogP contribution in [0.5, 0.6) is 0 Å². The molecule has 0 aromatic carbocycles. The highest BCUT2D eigenvalue weighted by Gasteiger charge is 2.39. The predicted octanol–water partition coefficient (Wildman–Crippen LogP) is 19.9. The number of aromatic nitrogens is 8. The van der Waals surface area contributed by atoms with Crippen LogP contribution in [-0.2, 0) is 49.5 Å². The molecule has 8 aromatic rings. The molecule has 5 saturated carbocycles. The van der Waals surface area contributed by atoms with Crippen molar-refractivity contribution in [1.82, 2.24) is 54.2 Å². The summed E-state index contributed by atoms with van der Waals surface area (Å²) in [5.41, 5.74) is 12.5. The van der Waals surface area contributed by atoms with Gasteiger partial charge in [0.05, 0.1) is 74.0 Å². The van der Waals surface area contributed by atoms with Crippen LogP contribution in [0.25, 0.3) is 44.1 Å². The molecular weight excluding hydrogens is 1630 g/mol. The number of anilines is 4. The van der Waals surface area contributed by atoms with Crippen molar-refractivity contribution in [2.75, 3.05) is 122 Å². The van der Waals surface area contributed by atoms with Gasteiger partial charge in [-0.2, -0.15) is 0 Å².